The molecule has 2 fully saturated rings. The zero-order valence-corrected chi connectivity index (χ0v) is 14.4. The molecule has 3 rings (SSSR count). The number of aliphatic hydroxyl groups is 2. The molecule has 2 aliphatic rings. The highest BCUT2D eigenvalue weighted by Crippen LogP contribution is 2.30. The first-order valence-corrected chi connectivity index (χ1v) is 8.98. The normalized spacial score (nSPS) is 21.0. The minimum Gasteiger partial charge on any atom is -0.393 e. The van der Waals surface area contributed by atoms with Crippen molar-refractivity contribution in [3.8, 4) is 0 Å². The van der Waals surface area contributed by atoms with Gasteiger partial charge in [-0.15, -0.1) is 0 Å². The maximum absolute atomic E-state index is 12.6. The molecule has 0 unspecified atom stereocenters. The predicted molar refractivity (Wildman–Crippen MR) is 94.3 cm³/mol. The molecule has 132 valence electrons. The standard InChI is InChI=1S/C19H28N2O3/c1-20(14-19(24)10-2-3-11-19)18(23)15-4-6-16(7-5-15)21-12-8-17(22)9-13-21/h4-7,17,22,24H,2-3,8-14H2,1H3. The van der Waals surface area contributed by atoms with Crippen LogP contribution in [0.25, 0.3) is 0 Å². The largest absolute Gasteiger partial charge is 0.393 e. The third-order valence-electron chi connectivity index (χ3n) is 5.36. The van der Waals surface area contributed by atoms with Crippen LogP contribution in [0.1, 0.15) is 48.9 Å². The van der Waals surface area contributed by atoms with Crippen molar-refractivity contribution in [1.29, 1.82) is 0 Å². The van der Waals surface area contributed by atoms with Crippen molar-refractivity contribution in [2.45, 2.75) is 50.2 Å². The maximum atomic E-state index is 12.6. The Morgan fingerprint density at radius 1 is 1.21 bits per heavy atom. The predicted octanol–water partition coefficient (Wildman–Crippen LogP) is 2.02. The van der Waals surface area contributed by atoms with Crippen LogP contribution in [0.5, 0.6) is 0 Å². The number of hydrogen-bond donors (Lipinski definition) is 2. The fraction of sp³-hybridized carbons (Fsp3) is 0.632. The summed E-state index contributed by atoms with van der Waals surface area (Å²) in [6, 6.07) is 7.67. The van der Waals surface area contributed by atoms with Crippen LogP contribution < -0.4 is 4.90 Å². The summed E-state index contributed by atoms with van der Waals surface area (Å²) in [5.41, 5.74) is 1.04. The number of anilines is 1. The zero-order chi connectivity index (χ0) is 17.2. The molecule has 0 bridgehead atoms. The van der Waals surface area contributed by atoms with Gasteiger partial charge in [-0.1, -0.05) is 12.8 Å². The summed E-state index contributed by atoms with van der Waals surface area (Å²) in [5.74, 6) is -0.0454. The van der Waals surface area contributed by atoms with Gasteiger partial charge in [0.05, 0.1) is 11.7 Å². The summed E-state index contributed by atoms with van der Waals surface area (Å²) in [6.07, 6.45) is 5.05. The van der Waals surface area contributed by atoms with Crippen LogP contribution in [-0.2, 0) is 0 Å². The molecule has 1 aliphatic carbocycles. The molecule has 0 aromatic heterocycles. The Kier molecular flexibility index (Phi) is 5.11. The lowest BCUT2D eigenvalue weighted by Gasteiger charge is -2.31. The third-order valence-corrected chi connectivity index (χ3v) is 5.36. The van der Waals surface area contributed by atoms with E-state index >= 15 is 0 Å². The topological polar surface area (TPSA) is 64.0 Å². The molecule has 1 aliphatic heterocycles. The van der Waals surface area contributed by atoms with Crippen LogP contribution in [0.4, 0.5) is 5.69 Å². The van der Waals surface area contributed by atoms with Gasteiger partial charge in [0.1, 0.15) is 0 Å². The van der Waals surface area contributed by atoms with Gasteiger partial charge in [0.15, 0.2) is 0 Å². The highest BCUT2D eigenvalue weighted by Gasteiger charge is 2.33. The molecule has 1 aromatic rings. The Morgan fingerprint density at radius 2 is 1.79 bits per heavy atom. The van der Waals surface area contributed by atoms with Crippen LogP contribution in [0.2, 0.25) is 0 Å². The molecule has 0 radical (unpaired) electrons. The molecule has 0 spiro atoms. The molecule has 5 heteroatoms. The number of benzene rings is 1. The number of hydrogen-bond acceptors (Lipinski definition) is 4. The van der Waals surface area contributed by atoms with Gasteiger partial charge < -0.3 is 20.0 Å². The Hall–Kier alpha value is -1.59. The number of carbonyl (C=O) groups excluding carboxylic acids is 1. The lowest BCUT2D eigenvalue weighted by Crippen LogP contribution is -2.42. The summed E-state index contributed by atoms with van der Waals surface area (Å²) in [6.45, 7) is 2.10. The van der Waals surface area contributed by atoms with E-state index in [-0.39, 0.29) is 12.0 Å². The molecule has 0 atom stereocenters. The van der Waals surface area contributed by atoms with Gasteiger partial charge in [-0.3, -0.25) is 4.79 Å². The van der Waals surface area contributed by atoms with Crippen LogP contribution in [0, 0.1) is 0 Å². The molecular formula is C19H28N2O3. The molecule has 5 nitrogen and oxygen atoms in total. The summed E-state index contributed by atoms with van der Waals surface area (Å²) in [7, 11) is 1.76. The number of aliphatic hydroxyl groups excluding tert-OH is 1. The number of amides is 1. The first-order chi connectivity index (χ1) is 11.5. The van der Waals surface area contributed by atoms with E-state index < -0.39 is 5.60 Å². The van der Waals surface area contributed by atoms with Crippen LogP contribution in [0.3, 0.4) is 0 Å². The van der Waals surface area contributed by atoms with Crippen molar-refractivity contribution in [1.82, 2.24) is 4.90 Å². The molecule has 24 heavy (non-hydrogen) atoms. The first kappa shape index (κ1) is 17.2. The average Bonchev–Trinajstić information content (AvgIpc) is 3.01. The Labute approximate surface area is 143 Å². The van der Waals surface area contributed by atoms with Crippen molar-refractivity contribution in [3.63, 3.8) is 0 Å². The van der Waals surface area contributed by atoms with Crippen molar-refractivity contribution in [3.05, 3.63) is 29.8 Å². The van der Waals surface area contributed by atoms with Gasteiger partial charge in [-0.2, -0.15) is 0 Å². The van der Waals surface area contributed by atoms with Gasteiger partial charge in [0, 0.05) is 37.9 Å². The van der Waals surface area contributed by atoms with Crippen molar-refractivity contribution < 1.29 is 15.0 Å². The Balaban J connectivity index is 1.61. The fourth-order valence-electron chi connectivity index (χ4n) is 3.86. The van der Waals surface area contributed by atoms with Crippen molar-refractivity contribution in [2.24, 2.45) is 0 Å². The summed E-state index contributed by atoms with van der Waals surface area (Å²) >= 11 is 0. The Bertz CT molecular complexity index is 558. The van der Waals surface area contributed by atoms with Crippen LogP contribution in [-0.4, -0.2) is 59.4 Å². The maximum Gasteiger partial charge on any atom is 0.253 e. The molecule has 2 N–H and O–H groups in total. The highest BCUT2D eigenvalue weighted by atomic mass is 16.3. The van der Waals surface area contributed by atoms with Gasteiger partial charge >= 0.3 is 0 Å². The average molecular weight is 332 g/mol. The van der Waals surface area contributed by atoms with E-state index in [1.165, 1.54) is 0 Å². The van der Waals surface area contributed by atoms with Crippen molar-refractivity contribution in [2.75, 3.05) is 31.6 Å². The van der Waals surface area contributed by atoms with Crippen LogP contribution in [0.15, 0.2) is 24.3 Å². The van der Waals surface area contributed by atoms with Gasteiger partial charge in [-0.05, 0) is 49.9 Å². The molecule has 1 aromatic carbocycles. The van der Waals surface area contributed by atoms with E-state index in [2.05, 4.69) is 4.90 Å². The van der Waals surface area contributed by atoms with Gasteiger partial charge in [0.25, 0.3) is 5.91 Å². The second kappa shape index (κ2) is 7.11. The SMILES string of the molecule is CN(CC1(O)CCCC1)C(=O)c1ccc(N2CCC(O)CC2)cc1. The summed E-state index contributed by atoms with van der Waals surface area (Å²) in [5, 5.41) is 20.1. The van der Waals surface area contributed by atoms with E-state index in [4.69, 9.17) is 0 Å². The highest BCUT2D eigenvalue weighted by molar-refractivity contribution is 5.94. The molecule has 1 saturated heterocycles. The van der Waals surface area contributed by atoms with E-state index in [1.54, 1.807) is 11.9 Å². The first-order valence-electron chi connectivity index (χ1n) is 8.98. The minimum absolute atomic E-state index is 0.0454. The van der Waals surface area contributed by atoms with Crippen LogP contribution >= 0.6 is 0 Å². The second-order valence-electron chi connectivity index (χ2n) is 7.36. The van der Waals surface area contributed by atoms with Gasteiger partial charge in [-0.25, -0.2) is 0 Å². The van der Waals surface area contributed by atoms with E-state index in [0.717, 1.165) is 57.3 Å². The monoisotopic (exact) mass is 332 g/mol. The van der Waals surface area contributed by atoms with Crippen molar-refractivity contribution >= 4 is 11.6 Å². The minimum atomic E-state index is -0.709. The van der Waals surface area contributed by atoms with Gasteiger partial charge in [0.2, 0.25) is 0 Å². The second-order valence-corrected chi connectivity index (χ2v) is 7.36. The fourth-order valence-corrected chi connectivity index (χ4v) is 3.86. The van der Waals surface area contributed by atoms with E-state index in [0.29, 0.717) is 12.1 Å². The Morgan fingerprint density at radius 3 is 2.38 bits per heavy atom. The quantitative estimate of drug-likeness (QED) is 0.885. The molecule has 1 amide bonds. The van der Waals surface area contributed by atoms with E-state index in [1.807, 2.05) is 24.3 Å². The smallest absolute Gasteiger partial charge is 0.253 e. The lowest BCUT2D eigenvalue weighted by atomic mass is 10.0. The number of likely N-dealkylation sites (N-methyl/N-ethyl adjacent to an activating group) is 1. The van der Waals surface area contributed by atoms with E-state index in [9.17, 15) is 15.0 Å². The molecule has 1 saturated carbocycles. The number of rotatable bonds is 4. The molecule has 1 heterocycles. The number of nitrogens with zero attached hydrogens (tertiary/aromatic N) is 2. The third kappa shape index (κ3) is 3.90. The number of carbonyl (C=O) groups is 1. The lowest BCUT2D eigenvalue weighted by molar-refractivity contribution is 0.0157. The number of piperidine rings is 1. The summed E-state index contributed by atoms with van der Waals surface area (Å²) < 4.78 is 0. The zero-order valence-electron chi connectivity index (χ0n) is 14.4. The summed E-state index contributed by atoms with van der Waals surface area (Å²) in [4.78, 5) is 16.5. The molecular weight excluding hydrogens is 304 g/mol.